The van der Waals surface area contributed by atoms with Gasteiger partial charge in [0.15, 0.2) is 12.4 Å². The fourth-order valence-electron chi connectivity index (χ4n) is 3.74. The minimum atomic E-state index is -1.09. The number of hydrogen-bond donors (Lipinski definition) is 1. The Morgan fingerprint density at radius 2 is 1.83 bits per heavy atom. The zero-order valence-electron chi connectivity index (χ0n) is 16.0. The van der Waals surface area contributed by atoms with Gasteiger partial charge in [0.05, 0.1) is 21.9 Å². The highest BCUT2D eigenvalue weighted by molar-refractivity contribution is 6.37. The maximum absolute atomic E-state index is 12.6. The van der Waals surface area contributed by atoms with Crippen molar-refractivity contribution >= 4 is 52.7 Å². The van der Waals surface area contributed by atoms with Crippen LogP contribution in [-0.4, -0.2) is 46.2 Å². The van der Waals surface area contributed by atoms with Crippen molar-refractivity contribution in [2.75, 3.05) is 11.9 Å². The Hall–Kier alpha value is -2.19. The molecular weight excluding hydrogens is 421 g/mol. The summed E-state index contributed by atoms with van der Waals surface area (Å²) in [6, 6.07) is -1.09. The molecular formula is C19H21Cl2N3O5. The molecule has 0 aromatic carbocycles. The summed E-state index contributed by atoms with van der Waals surface area (Å²) in [5.41, 5.74) is 0.553. The number of aromatic nitrogens is 1. The van der Waals surface area contributed by atoms with Crippen LogP contribution in [0.25, 0.3) is 0 Å². The predicted molar refractivity (Wildman–Crippen MR) is 105 cm³/mol. The lowest BCUT2D eigenvalue weighted by Crippen LogP contribution is -2.45. The lowest BCUT2D eigenvalue weighted by molar-refractivity contribution is -0.159. The fourth-order valence-corrected chi connectivity index (χ4v) is 4.13. The van der Waals surface area contributed by atoms with E-state index in [1.54, 1.807) is 6.92 Å². The van der Waals surface area contributed by atoms with Gasteiger partial charge in [0.1, 0.15) is 6.04 Å². The number of rotatable bonds is 5. The molecule has 0 bridgehead atoms. The smallest absolute Gasteiger partial charge is 0.329 e. The van der Waals surface area contributed by atoms with Crippen LogP contribution >= 0.6 is 23.2 Å². The number of pyridine rings is 1. The Balaban J connectivity index is 1.57. The monoisotopic (exact) mass is 441 g/mol. The van der Waals surface area contributed by atoms with Crippen LogP contribution in [0.5, 0.6) is 0 Å². The van der Waals surface area contributed by atoms with Gasteiger partial charge >= 0.3 is 5.97 Å². The SMILES string of the molecule is Cc1c(Cl)cnc(NC(=O)COC(=O)[C@H](C)N2C(=O)[C@@H]3CCCC[C@H]3C2=O)c1Cl. The van der Waals surface area contributed by atoms with Crippen LogP contribution in [-0.2, 0) is 23.9 Å². The second kappa shape index (κ2) is 8.67. The molecule has 2 heterocycles. The van der Waals surface area contributed by atoms with Gasteiger partial charge in [-0.15, -0.1) is 0 Å². The lowest BCUT2D eigenvalue weighted by Gasteiger charge is -2.21. The molecule has 2 aliphatic rings. The molecule has 3 amide bonds. The Bertz CT molecular complexity index is 852. The van der Waals surface area contributed by atoms with Crippen LogP contribution in [0, 0.1) is 18.8 Å². The third-order valence-electron chi connectivity index (χ3n) is 5.41. The van der Waals surface area contributed by atoms with Gasteiger partial charge in [0, 0.05) is 6.20 Å². The number of anilines is 1. The number of fused-ring (bicyclic) bond motifs is 1. The average Bonchev–Trinajstić information content (AvgIpc) is 2.96. The average molecular weight is 442 g/mol. The van der Waals surface area contributed by atoms with E-state index < -0.39 is 24.5 Å². The number of esters is 1. The third-order valence-corrected chi connectivity index (χ3v) is 6.25. The molecule has 156 valence electrons. The van der Waals surface area contributed by atoms with Gasteiger partial charge in [0.25, 0.3) is 5.91 Å². The number of carbonyl (C=O) groups is 4. The Morgan fingerprint density at radius 1 is 1.24 bits per heavy atom. The highest BCUT2D eigenvalue weighted by Crippen LogP contribution is 2.39. The minimum Gasteiger partial charge on any atom is -0.454 e. The van der Waals surface area contributed by atoms with Crippen LogP contribution in [0.4, 0.5) is 5.82 Å². The molecule has 1 N–H and O–H groups in total. The quantitative estimate of drug-likeness (QED) is 0.556. The maximum atomic E-state index is 12.6. The third kappa shape index (κ3) is 4.23. The standard InChI is InChI=1S/C19H21Cl2N3O5/c1-9-13(20)7-22-16(15(9)21)23-14(25)8-29-19(28)10(2)24-17(26)11-5-3-4-6-12(11)18(24)27/h7,10-12H,3-6,8H2,1-2H3,(H,22,23,25)/t10-,11+,12+/m0/s1. The van der Waals surface area contributed by atoms with Gasteiger partial charge in [-0.2, -0.15) is 0 Å². The Kier molecular flexibility index (Phi) is 6.43. The van der Waals surface area contributed by atoms with Gasteiger partial charge in [-0.05, 0) is 32.3 Å². The van der Waals surface area contributed by atoms with Crippen molar-refractivity contribution in [3.05, 3.63) is 21.8 Å². The minimum absolute atomic E-state index is 0.0941. The fraction of sp³-hybridized carbons (Fsp3) is 0.526. The lowest BCUT2D eigenvalue weighted by atomic mass is 9.81. The van der Waals surface area contributed by atoms with Crippen LogP contribution in [0.1, 0.15) is 38.2 Å². The summed E-state index contributed by atoms with van der Waals surface area (Å²) in [5.74, 6) is -2.76. The molecule has 1 aliphatic heterocycles. The van der Waals surface area contributed by atoms with Crippen LogP contribution in [0.15, 0.2) is 6.20 Å². The van der Waals surface area contributed by atoms with Gasteiger partial charge in [-0.25, -0.2) is 9.78 Å². The number of imide groups is 1. The van der Waals surface area contributed by atoms with E-state index in [-0.39, 0.29) is 34.5 Å². The molecule has 0 unspecified atom stereocenters. The van der Waals surface area contributed by atoms with Crippen molar-refractivity contribution in [2.24, 2.45) is 11.8 Å². The largest absolute Gasteiger partial charge is 0.454 e. The maximum Gasteiger partial charge on any atom is 0.329 e. The number of likely N-dealkylation sites (tertiary alicyclic amines) is 1. The molecule has 0 radical (unpaired) electrons. The number of nitrogens with zero attached hydrogens (tertiary/aromatic N) is 2. The summed E-state index contributed by atoms with van der Waals surface area (Å²) >= 11 is 12.0. The second-order valence-electron chi connectivity index (χ2n) is 7.27. The van der Waals surface area contributed by atoms with E-state index in [2.05, 4.69) is 10.3 Å². The normalized spacial score (nSPS) is 22.3. The van der Waals surface area contributed by atoms with E-state index >= 15 is 0 Å². The number of amides is 3. The van der Waals surface area contributed by atoms with Gasteiger partial charge in [-0.3, -0.25) is 19.3 Å². The van der Waals surface area contributed by atoms with Crippen LogP contribution in [0.3, 0.4) is 0 Å². The summed E-state index contributed by atoms with van der Waals surface area (Å²) < 4.78 is 5.00. The van der Waals surface area contributed by atoms with Crippen molar-refractivity contribution in [3.63, 3.8) is 0 Å². The van der Waals surface area contributed by atoms with E-state index in [0.29, 0.717) is 23.4 Å². The van der Waals surface area contributed by atoms with Gasteiger partial charge < -0.3 is 10.1 Å². The molecule has 1 aliphatic carbocycles. The Morgan fingerprint density at radius 3 is 2.41 bits per heavy atom. The molecule has 8 nitrogen and oxygen atoms in total. The highest BCUT2D eigenvalue weighted by Gasteiger charge is 2.51. The molecule has 1 aromatic rings. The first-order valence-electron chi connectivity index (χ1n) is 9.36. The summed E-state index contributed by atoms with van der Waals surface area (Å²) in [6.07, 6.45) is 4.45. The molecule has 2 fully saturated rings. The number of nitrogens with one attached hydrogen (secondary N) is 1. The first-order chi connectivity index (χ1) is 13.7. The van der Waals surface area contributed by atoms with Gasteiger partial charge in [0.2, 0.25) is 11.8 Å². The number of hydrogen-bond acceptors (Lipinski definition) is 6. The van der Waals surface area contributed by atoms with E-state index in [0.717, 1.165) is 17.7 Å². The first kappa shape index (κ1) is 21.5. The molecule has 3 atom stereocenters. The molecule has 0 spiro atoms. The molecule has 3 rings (SSSR count). The van der Waals surface area contributed by atoms with E-state index in [9.17, 15) is 19.2 Å². The number of carbonyl (C=O) groups excluding carboxylic acids is 4. The summed E-state index contributed by atoms with van der Waals surface area (Å²) in [4.78, 5) is 54.4. The first-order valence-corrected chi connectivity index (χ1v) is 10.1. The van der Waals surface area contributed by atoms with Crippen molar-refractivity contribution < 1.29 is 23.9 Å². The summed E-state index contributed by atoms with van der Waals surface area (Å²) in [5, 5.41) is 2.97. The van der Waals surface area contributed by atoms with Crippen LogP contribution < -0.4 is 5.32 Å². The number of ether oxygens (including phenoxy) is 1. The van der Waals surface area contributed by atoms with Crippen molar-refractivity contribution in [1.29, 1.82) is 0 Å². The zero-order chi connectivity index (χ0) is 21.3. The Labute approximate surface area is 177 Å². The molecule has 1 aromatic heterocycles. The van der Waals surface area contributed by atoms with Crippen LogP contribution in [0.2, 0.25) is 10.0 Å². The van der Waals surface area contributed by atoms with Gasteiger partial charge in [-0.1, -0.05) is 36.0 Å². The van der Waals surface area contributed by atoms with E-state index in [1.165, 1.54) is 13.1 Å². The topological polar surface area (TPSA) is 106 Å². The molecule has 1 saturated heterocycles. The molecule has 1 saturated carbocycles. The number of halogens is 2. The molecule has 29 heavy (non-hydrogen) atoms. The second-order valence-corrected chi connectivity index (χ2v) is 8.05. The van der Waals surface area contributed by atoms with E-state index in [1.807, 2.05) is 0 Å². The van der Waals surface area contributed by atoms with Crippen molar-refractivity contribution in [3.8, 4) is 0 Å². The predicted octanol–water partition coefficient (Wildman–Crippen LogP) is 2.74. The summed E-state index contributed by atoms with van der Waals surface area (Å²) in [6.45, 7) is 2.49. The highest BCUT2D eigenvalue weighted by atomic mass is 35.5. The molecule has 10 heteroatoms. The van der Waals surface area contributed by atoms with E-state index in [4.69, 9.17) is 27.9 Å². The summed E-state index contributed by atoms with van der Waals surface area (Å²) in [7, 11) is 0. The zero-order valence-corrected chi connectivity index (χ0v) is 17.5. The van der Waals surface area contributed by atoms with Crippen molar-refractivity contribution in [1.82, 2.24) is 9.88 Å². The van der Waals surface area contributed by atoms with Crippen molar-refractivity contribution in [2.45, 2.75) is 45.6 Å².